The third-order valence-electron chi connectivity index (χ3n) is 6.32. The number of rotatable bonds is 8. The molecule has 1 fully saturated rings. The molecule has 0 aliphatic heterocycles. The van der Waals surface area contributed by atoms with Crippen molar-refractivity contribution in [2.24, 2.45) is 5.92 Å². The average Bonchev–Trinajstić information content (AvgIpc) is 2.79. The van der Waals surface area contributed by atoms with E-state index in [0.717, 1.165) is 22.9 Å². The molecule has 155 valence electrons. The van der Waals surface area contributed by atoms with Gasteiger partial charge in [-0.15, -0.1) is 0 Å². The first kappa shape index (κ1) is 22.9. The number of hydrogen-bond acceptors (Lipinski definition) is 2. The van der Waals surface area contributed by atoms with E-state index in [1.165, 1.54) is 43.2 Å². The SMILES string of the molecule is C[C@H]([As][C@@H](CC#N)C1CCCCC1)C(Cc1ccc(Cl)cc1)c1cccc(C#N)c1. The van der Waals surface area contributed by atoms with Crippen molar-refractivity contribution in [1.29, 1.82) is 10.5 Å². The Hall–Kier alpha value is -1.73. The Labute approximate surface area is 192 Å². The number of nitriles is 2. The third kappa shape index (κ3) is 6.38. The van der Waals surface area contributed by atoms with Crippen molar-refractivity contribution in [2.45, 2.75) is 67.2 Å². The molecule has 0 heterocycles. The van der Waals surface area contributed by atoms with Crippen molar-refractivity contribution >= 4 is 27.4 Å². The summed E-state index contributed by atoms with van der Waals surface area (Å²) >= 11 is 6.12. The maximum atomic E-state index is 9.48. The van der Waals surface area contributed by atoms with E-state index in [1.54, 1.807) is 0 Å². The minimum atomic E-state index is 0.0274. The quantitative estimate of drug-likeness (QED) is 0.372. The van der Waals surface area contributed by atoms with E-state index in [2.05, 4.69) is 43.3 Å². The van der Waals surface area contributed by atoms with Crippen LogP contribution in [0.2, 0.25) is 14.4 Å². The van der Waals surface area contributed by atoms with Crippen LogP contribution in [0, 0.1) is 28.6 Å². The van der Waals surface area contributed by atoms with Gasteiger partial charge < -0.3 is 0 Å². The van der Waals surface area contributed by atoms with Gasteiger partial charge in [0.1, 0.15) is 0 Å². The Morgan fingerprint density at radius 2 is 1.80 bits per heavy atom. The van der Waals surface area contributed by atoms with Gasteiger partial charge in [-0.3, -0.25) is 0 Å². The Kier molecular flexibility index (Phi) is 8.87. The molecule has 2 nitrogen and oxygen atoms in total. The monoisotopic (exact) mass is 479 g/mol. The zero-order valence-electron chi connectivity index (χ0n) is 17.6. The molecule has 3 rings (SSSR count). The summed E-state index contributed by atoms with van der Waals surface area (Å²) in [5.41, 5.74) is 3.23. The van der Waals surface area contributed by atoms with Crippen LogP contribution in [0.5, 0.6) is 0 Å². The van der Waals surface area contributed by atoms with Crippen LogP contribution < -0.4 is 0 Å². The van der Waals surface area contributed by atoms with Gasteiger partial charge in [0.25, 0.3) is 0 Å². The standard InChI is InChI=1S/C26H29AsClN2/c1-19(27-26(14-15-29)22-7-3-2-4-8-22)25(17-20-10-12-24(28)13-11-20)23-9-5-6-21(16-23)18-30/h5-6,9-13,16,19,22,25-26H,2-4,7-8,14,17H2,1H3/t19-,25?,26-/m0/s1. The summed E-state index contributed by atoms with van der Waals surface area (Å²) < 4.78 is 1.08. The molecule has 30 heavy (non-hydrogen) atoms. The van der Waals surface area contributed by atoms with Crippen molar-refractivity contribution in [2.75, 3.05) is 0 Å². The summed E-state index contributed by atoms with van der Waals surface area (Å²) in [6.07, 6.45) is 8.21. The molecule has 1 aliphatic carbocycles. The van der Waals surface area contributed by atoms with Gasteiger partial charge in [-0.05, 0) is 0 Å². The van der Waals surface area contributed by atoms with Crippen LogP contribution in [0.25, 0.3) is 0 Å². The summed E-state index contributed by atoms with van der Waals surface area (Å²) in [5.74, 6) is 1.08. The first-order valence-electron chi connectivity index (χ1n) is 10.9. The fourth-order valence-corrected chi connectivity index (χ4v) is 8.58. The number of benzene rings is 2. The predicted octanol–water partition coefficient (Wildman–Crippen LogP) is 7.33. The molecule has 0 aromatic heterocycles. The van der Waals surface area contributed by atoms with Crippen molar-refractivity contribution in [1.82, 2.24) is 0 Å². The molecule has 2 aromatic carbocycles. The van der Waals surface area contributed by atoms with Crippen molar-refractivity contribution in [3.05, 3.63) is 70.2 Å². The molecule has 1 radical (unpaired) electrons. The summed E-state index contributed by atoms with van der Waals surface area (Å²) in [4.78, 5) is 0. The Morgan fingerprint density at radius 3 is 2.47 bits per heavy atom. The Balaban J connectivity index is 1.84. The van der Waals surface area contributed by atoms with Crippen LogP contribution in [0.15, 0.2) is 48.5 Å². The molecule has 0 amide bonds. The fraction of sp³-hybridized carbons (Fsp3) is 0.462. The Morgan fingerprint density at radius 1 is 1.07 bits per heavy atom. The second-order valence-electron chi connectivity index (χ2n) is 8.39. The normalized spacial score (nSPS) is 17.9. The van der Waals surface area contributed by atoms with Gasteiger partial charge in [0.15, 0.2) is 0 Å². The molecule has 1 aliphatic rings. The van der Waals surface area contributed by atoms with Gasteiger partial charge in [0, 0.05) is 0 Å². The molecular weight excluding hydrogens is 451 g/mol. The fourth-order valence-electron chi connectivity index (χ4n) is 4.64. The molecule has 0 saturated heterocycles. The van der Waals surface area contributed by atoms with Gasteiger partial charge in [-0.25, -0.2) is 0 Å². The molecule has 4 heteroatoms. The molecule has 0 N–H and O–H groups in total. The number of hydrogen-bond donors (Lipinski definition) is 0. The van der Waals surface area contributed by atoms with Crippen LogP contribution in [0.1, 0.15) is 68.1 Å². The molecule has 0 bridgehead atoms. The minimum absolute atomic E-state index is 0.0274. The predicted molar refractivity (Wildman–Crippen MR) is 125 cm³/mol. The summed E-state index contributed by atoms with van der Waals surface area (Å²) in [6, 6.07) is 21.0. The third-order valence-corrected chi connectivity index (χ3v) is 10.4. The molecular formula is C26H29AsClN2. The molecule has 2 aromatic rings. The first-order valence-corrected chi connectivity index (χ1v) is 13.5. The molecule has 3 atom stereocenters. The van der Waals surface area contributed by atoms with Crippen LogP contribution in [-0.2, 0) is 6.42 Å². The van der Waals surface area contributed by atoms with Crippen LogP contribution >= 0.6 is 11.6 Å². The number of nitrogens with zero attached hydrogens (tertiary/aromatic N) is 2. The topological polar surface area (TPSA) is 47.6 Å². The Bertz CT molecular complexity index is 890. The van der Waals surface area contributed by atoms with Gasteiger partial charge in [0.2, 0.25) is 0 Å². The molecule has 1 saturated carbocycles. The van der Waals surface area contributed by atoms with Crippen LogP contribution in [0.3, 0.4) is 0 Å². The van der Waals surface area contributed by atoms with Gasteiger partial charge >= 0.3 is 193 Å². The summed E-state index contributed by atoms with van der Waals surface area (Å²) in [7, 11) is 0. The zero-order valence-corrected chi connectivity index (χ0v) is 20.2. The van der Waals surface area contributed by atoms with E-state index in [-0.39, 0.29) is 15.8 Å². The average molecular weight is 480 g/mol. The van der Waals surface area contributed by atoms with Crippen molar-refractivity contribution < 1.29 is 0 Å². The second-order valence-corrected chi connectivity index (χ2v) is 12.6. The van der Waals surface area contributed by atoms with E-state index in [9.17, 15) is 10.5 Å². The van der Waals surface area contributed by atoms with Crippen LogP contribution in [0.4, 0.5) is 0 Å². The van der Waals surface area contributed by atoms with E-state index in [0.29, 0.717) is 21.8 Å². The summed E-state index contributed by atoms with van der Waals surface area (Å²) in [5, 5.41) is 19.6. The summed E-state index contributed by atoms with van der Waals surface area (Å²) in [6.45, 7) is 2.37. The van der Waals surface area contributed by atoms with E-state index >= 15 is 0 Å². The van der Waals surface area contributed by atoms with E-state index in [4.69, 9.17) is 11.6 Å². The van der Waals surface area contributed by atoms with Gasteiger partial charge in [-0.2, -0.15) is 0 Å². The maximum absolute atomic E-state index is 9.48. The number of halogens is 1. The van der Waals surface area contributed by atoms with Gasteiger partial charge in [0.05, 0.1) is 0 Å². The van der Waals surface area contributed by atoms with Crippen molar-refractivity contribution in [3.63, 3.8) is 0 Å². The second kappa shape index (κ2) is 11.6. The first-order chi connectivity index (χ1) is 14.6. The van der Waals surface area contributed by atoms with Crippen LogP contribution in [-0.4, -0.2) is 15.8 Å². The van der Waals surface area contributed by atoms with E-state index < -0.39 is 0 Å². The van der Waals surface area contributed by atoms with E-state index in [1.807, 2.05) is 24.3 Å². The van der Waals surface area contributed by atoms with Gasteiger partial charge in [-0.1, -0.05) is 0 Å². The zero-order chi connectivity index (χ0) is 21.3. The van der Waals surface area contributed by atoms with Crippen molar-refractivity contribution in [3.8, 4) is 12.1 Å². The molecule has 1 unspecified atom stereocenters. The molecule has 0 spiro atoms.